The van der Waals surface area contributed by atoms with Crippen molar-refractivity contribution in [2.75, 3.05) is 31.1 Å². The molecule has 0 aromatic rings. The molecule has 0 saturated carbocycles. The third-order valence-corrected chi connectivity index (χ3v) is 4.50. The summed E-state index contributed by atoms with van der Waals surface area (Å²) in [6.45, 7) is 3.53. The maximum Gasteiger partial charge on any atom is 0.0277 e. The summed E-state index contributed by atoms with van der Waals surface area (Å²) in [5, 5.41) is 0. The van der Waals surface area contributed by atoms with Gasteiger partial charge in [-0.3, -0.25) is 4.90 Å². The Labute approximate surface area is 85.2 Å². The van der Waals surface area contributed by atoms with Crippen LogP contribution < -0.4 is 5.73 Å². The van der Waals surface area contributed by atoms with E-state index in [0.717, 1.165) is 18.5 Å². The predicted octanol–water partition coefficient (Wildman–Crippen LogP) is 1.16. The Morgan fingerprint density at radius 2 is 2.23 bits per heavy atom. The monoisotopic (exact) mass is 200 g/mol. The van der Waals surface area contributed by atoms with Crippen molar-refractivity contribution >= 4 is 11.8 Å². The van der Waals surface area contributed by atoms with Crippen LogP contribution in [0, 0.1) is 5.92 Å². The van der Waals surface area contributed by atoms with Crippen molar-refractivity contribution in [2.24, 2.45) is 11.7 Å². The fourth-order valence-corrected chi connectivity index (χ4v) is 3.20. The molecular formula is C10H20N2S. The van der Waals surface area contributed by atoms with Crippen LogP contribution >= 0.6 is 11.8 Å². The first kappa shape index (κ1) is 9.81. The summed E-state index contributed by atoms with van der Waals surface area (Å²) in [6, 6.07) is 0.908. The van der Waals surface area contributed by atoms with Gasteiger partial charge in [0.25, 0.3) is 0 Å². The Balaban J connectivity index is 1.77. The van der Waals surface area contributed by atoms with Crippen LogP contribution in [0.25, 0.3) is 0 Å². The minimum atomic E-state index is 0.873. The zero-order valence-electron chi connectivity index (χ0n) is 8.24. The second-order valence-corrected chi connectivity index (χ2v) is 5.35. The molecule has 2 saturated heterocycles. The summed E-state index contributed by atoms with van der Waals surface area (Å²) >= 11 is 2.09. The van der Waals surface area contributed by atoms with Crippen LogP contribution in [0.1, 0.15) is 19.3 Å². The summed E-state index contributed by atoms with van der Waals surface area (Å²) in [7, 11) is 0. The highest BCUT2D eigenvalue weighted by atomic mass is 32.2. The van der Waals surface area contributed by atoms with Crippen LogP contribution in [-0.2, 0) is 0 Å². The average molecular weight is 200 g/mol. The molecule has 2 aliphatic heterocycles. The molecule has 2 N–H and O–H groups in total. The lowest BCUT2D eigenvalue weighted by molar-refractivity contribution is 0.136. The average Bonchev–Trinajstić information content (AvgIpc) is 2.02. The normalized spacial score (nSPS) is 31.6. The van der Waals surface area contributed by atoms with E-state index in [1.165, 1.54) is 43.9 Å². The van der Waals surface area contributed by atoms with Crippen LogP contribution in [0.15, 0.2) is 0 Å². The van der Waals surface area contributed by atoms with Crippen LogP contribution in [-0.4, -0.2) is 42.1 Å². The van der Waals surface area contributed by atoms with Crippen LogP contribution in [0.3, 0.4) is 0 Å². The topological polar surface area (TPSA) is 29.3 Å². The van der Waals surface area contributed by atoms with E-state index in [2.05, 4.69) is 16.7 Å². The highest BCUT2D eigenvalue weighted by molar-refractivity contribution is 8.00. The third kappa shape index (κ3) is 2.39. The molecule has 0 aliphatic carbocycles. The number of hydrogen-bond acceptors (Lipinski definition) is 3. The van der Waals surface area contributed by atoms with E-state index in [9.17, 15) is 0 Å². The zero-order chi connectivity index (χ0) is 9.10. The first-order valence-corrected chi connectivity index (χ1v) is 6.57. The molecule has 0 aromatic heterocycles. The minimum absolute atomic E-state index is 0.873. The highest BCUT2D eigenvalue weighted by Crippen LogP contribution is 2.28. The van der Waals surface area contributed by atoms with E-state index in [1.54, 1.807) is 0 Å². The fourth-order valence-electron chi connectivity index (χ4n) is 2.33. The van der Waals surface area contributed by atoms with Gasteiger partial charge in [-0.05, 0) is 38.3 Å². The van der Waals surface area contributed by atoms with Gasteiger partial charge in [0, 0.05) is 24.1 Å². The van der Waals surface area contributed by atoms with Gasteiger partial charge in [0.1, 0.15) is 0 Å². The van der Waals surface area contributed by atoms with Crippen molar-refractivity contribution < 1.29 is 0 Å². The summed E-state index contributed by atoms with van der Waals surface area (Å²) in [5.41, 5.74) is 5.60. The molecule has 3 heteroatoms. The molecule has 1 atom stereocenters. The smallest absolute Gasteiger partial charge is 0.0277 e. The van der Waals surface area contributed by atoms with Gasteiger partial charge in [0.2, 0.25) is 0 Å². The summed E-state index contributed by atoms with van der Waals surface area (Å²) in [6.07, 6.45) is 4.04. The van der Waals surface area contributed by atoms with Gasteiger partial charge >= 0.3 is 0 Å². The van der Waals surface area contributed by atoms with Crippen LogP contribution in [0.4, 0.5) is 0 Å². The molecular weight excluding hydrogens is 180 g/mol. The number of hydrogen-bond donors (Lipinski definition) is 1. The number of rotatable bonds is 3. The Morgan fingerprint density at radius 1 is 1.38 bits per heavy atom. The summed E-state index contributed by atoms with van der Waals surface area (Å²) in [5.74, 6) is 3.63. The molecule has 2 aliphatic rings. The standard InChI is InChI=1S/C10H20N2S/c11-4-3-9-2-1-5-12(6-9)10-7-13-8-10/h9-10H,1-8,11H2. The lowest BCUT2D eigenvalue weighted by Gasteiger charge is -2.42. The lowest BCUT2D eigenvalue weighted by atomic mass is 9.94. The van der Waals surface area contributed by atoms with Crippen molar-refractivity contribution in [3.05, 3.63) is 0 Å². The molecule has 0 radical (unpaired) electrons. The Hall–Kier alpha value is 0.270. The molecule has 76 valence electrons. The molecule has 2 fully saturated rings. The number of nitrogens with zero attached hydrogens (tertiary/aromatic N) is 1. The van der Waals surface area contributed by atoms with Crippen LogP contribution in [0.2, 0.25) is 0 Å². The van der Waals surface area contributed by atoms with E-state index < -0.39 is 0 Å². The third-order valence-electron chi connectivity index (χ3n) is 3.26. The molecule has 2 nitrogen and oxygen atoms in total. The Kier molecular flexibility index (Phi) is 3.52. The second-order valence-electron chi connectivity index (χ2n) is 4.27. The Morgan fingerprint density at radius 3 is 2.85 bits per heavy atom. The van der Waals surface area contributed by atoms with Gasteiger partial charge < -0.3 is 5.73 Å². The molecule has 1 unspecified atom stereocenters. The number of piperidine rings is 1. The van der Waals surface area contributed by atoms with Crippen molar-refractivity contribution in [1.82, 2.24) is 4.90 Å². The van der Waals surface area contributed by atoms with Gasteiger partial charge in [-0.15, -0.1) is 0 Å². The van der Waals surface area contributed by atoms with E-state index in [-0.39, 0.29) is 0 Å². The predicted molar refractivity (Wildman–Crippen MR) is 59.1 cm³/mol. The second kappa shape index (κ2) is 4.67. The van der Waals surface area contributed by atoms with E-state index in [0.29, 0.717) is 0 Å². The molecule has 13 heavy (non-hydrogen) atoms. The van der Waals surface area contributed by atoms with Crippen molar-refractivity contribution in [3.8, 4) is 0 Å². The molecule has 0 spiro atoms. The number of nitrogens with two attached hydrogens (primary N) is 1. The van der Waals surface area contributed by atoms with Gasteiger partial charge in [-0.25, -0.2) is 0 Å². The van der Waals surface area contributed by atoms with Crippen LogP contribution in [0.5, 0.6) is 0 Å². The molecule has 2 heterocycles. The molecule has 2 rings (SSSR count). The largest absolute Gasteiger partial charge is 0.330 e. The highest BCUT2D eigenvalue weighted by Gasteiger charge is 2.29. The lowest BCUT2D eigenvalue weighted by Crippen LogP contribution is -2.49. The van der Waals surface area contributed by atoms with Gasteiger partial charge in [-0.1, -0.05) is 0 Å². The fraction of sp³-hybridized carbons (Fsp3) is 1.00. The first-order chi connectivity index (χ1) is 6.40. The van der Waals surface area contributed by atoms with E-state index in [1.807, 2.05) is 0 Å². The maximum atomic E-state index is 5.60. The summed E-state index contributed by atoms with van der Waals surface area (Å²) in [4.78, 5) is 2.69. The zero-order valence-corrected chi connectivity index (χ0v) is 9.06. The molecule has 0 amide bonds. The molecule has 0 aromatic carbocycles. The van der Waals surface area contributed by atoms with Crippen molar-refractivity contribution in [2.45, 2.75) is 25.3 Å². The van der Waals surface area contributed by atoms with E-state index >= 15 is 0 Å². The van der Waals surface area contributed by atoms with Crippen molar-refractivity contribution in [1.29, 1.82) is 0 Å². The minimum Gasteiger partial charge on any atom is -0.330 e. The van der Waals surface area contributed by atoms with E-state index in [4.69, 9.17) is 5.73 Å². The van der Waals surface area contributed by atoms with Gasteiger partial charge in [-0.2, -0.15) is 11.8 Å². The first-order valence-electron chi connectivity index (χ1n) is 5.42. The quantitative estimate of drug-likeness (QED) is 0.741. The Bertz CT molecular complexity index is 157. The maximum absolute atomic E-state index is 5.60. The number of thioether (sulfide) groups is 1. The number of likely N-dealkylation sites (tertiary alicyclic amines) is 1. The van der Waals surface area contributed by atoms with Crippen molar-refractivity contribution in [3.63, 3.8) is 0 Å². The SMILES string of the molecule is NCCC1CCCN(C2CSC2)C1. The molecule has 0 bridgehead atoms. The summed E-state index contributed by atoms with van der Waals surface area (Å²) < 4.78 is 0. The van der Waals surface area contributed by atoms with Gasteiger partial charge in [0.05, 0.1) is 0 Å². The van der Waals surface area contributed by atoms with Gasteiger partial charge in [0.15, 0.2) is 0 Å².